The van der Waals surface area contributed by atoms with Crippen molar-refractivity contribution < 1.29 is 4.79 Å². The van der Waals surface area contributed by atoms with Crippen molar-refractivity contribution in [2.24, 2.45) is 0 Å². The molecule has 0 saturated heterocycles. The normalized spacial score (nSPS) is 10.4. The lowest BCUT2D eigenvalue weighted by atomic mass is 10.2. The van der Waals surface area contributed by atoms with Crippen molar-refractivity contribution in [3.8, 4) is 0 Å². The van der Waals surface area contributed by atoms with Gasteiger partial charge in [0.25, 0.3) is 0 Å². The van der Waals surface area contributed by atoms with E-state index in [1.54, 1.807) is 18.2 Å². The largest absolute Gasteiger partial charge is 0.384 e. The van der Waals surface area contributed by atoms with Gasteiger partial charge in [0.15, 0.2) is 5.16 Å². The third-order valence-corrected chi connectivity index (χ3v) is 3.69. The minimum atomic E-state index is -0.0846. The van der Waals surface area contributed by atoms with Gasteiger partial charge in [0.05, 0.1) is 5.75 Å². The standard InChI is InChI=1S/C14H15ClN4OS/c1-9-6-12(16)19-14(18-9)21-8-13(20)17-7-10-2-4-11(15)5-3-10/h2-6H,7-8H2,1H3,(H,17,20)(H2,16,18,19). The third kappa shape index (κ3) is 5.24. The zero-order chi connectivity index (χ0) is 15.2. The van der Waals surface area contributed by atoms with Crippen LogP contribution in [0.3, 0.4) is 0 Å². The van der Waals surface area contributed by atoms with E-state index in [0.717, 1.165) is 11.3 Å². The number of nitrogens with two attached hydrogens (primary N) is 1. The molecule has 0 aliphatic heterocycles. The highest BCUT2D eigenvalue weighted by Gasteiger charge is 2.06. The maximum absolute atomic E-state index is 11.8. The van der Waals surface area contributed by atoms with Gasteiger partial charge in [-0.05, 0) is 24.6 Å². The van der Waals surface area contributed by atoms with Gasteiger partial charge >= 0.3 is 0 Å². The average Bonchev–Trinajstić information content (AvgIpc) is 2.43. The van der Waals surface area contributed by atoms with Gasteiger partial charge in [0.1, 0.15) is 5.82 Å². The molecule has 110 valence electrons. The van der Waals surface area contributed by atoms with E-state index in [0.29, 0.717) is 22.5 Å². The number of nitrogens with one attached hydrogen (secondary N) is 1. The van der Waals surface area contributed by atoms with E-state index in [1.807, 2.05) is 19.1 Å². The quantitative estimate of drug-likeness (QED) is 0.652. The highest BCUT2D eigenvalue weighted by atomic mass is 35.5. The molecule has 0 unspecified atom stereocenters. The van der Waals surface area contributed by atoms with Crippen molar-refractivity contribution in [3.05, 3.63) is 46.6 Å². The molecule has 0 radical (unpaired) electrons. The zero-order valence-electron chi connectivity index (χ0n) is 11.5. The fourth-order valence-corrected chi connectivity index (χ4v) is 2.48. The molecular formula is C14H15ClN4OS. The molecule has 0 fully saturated rings. The monoisotopic (exact) mass is 322 g/mol. The van der Waals surface area contributed by atoms with Gasteiger partial charge in [-0.3, -0.25) is 4.79 Å². The maximum atomic E-state index is 11.8. The number of nitrogen functional groups attached to an aromatic ring is 1. The minimum Gasteiger partial charge on any atom is -0.384 e. The smallest absolute Gasteiger partial charge is 0.230 e. The van der Waals surface area contributed by atoms with Crippen LogP contribution in [0.25, 0.3) is 0 Å². The van der Waals surface area contributed by atoms with Crippen LogP contribution in [-0.2, 0) is 11.3 Å². The molecule has 1 amide bonds. The molecule has 0 aliphatic rings. The van der Waals surface area contributed by atoms with Crippen LogP contribution in [0.15, 0.2) is 35.5 Å². The second kappa shape index (κ2) is 7.28. The van der Waals surface area contributed by atoms with E-state index in [2.05, 4.69) is 15.3 Å². The van der Waals surface area contributed by atoms with Crippen LogP contribution in [0.1, 0.15) is 11.3 Å². The predicted octanol–water partition coefficient (Wildman–Crippen LogP) is 2.43. The van der Waals surface area contributed by atoms with Gasteiger partial charge in [-0.1, -0.05) is 35.5 Å². The molecule has 3 N–H and O–H groups in total. The minimum absolute atomic E-state index is 0.0846. The first-order valence-corrected chi connectivity index (χ1v) is 7.64. The first-order valence-electron chi connectivity index (χ1n) is 6.28. The number of aryl methyl sites for hydroxylation is 1. The molecule has 2 aromatic rings. The summed E-state index contributed by atoms with van der Waals surface area (Å²) in [6, 6.07) is 9.02. The molecule has 5 nitrogen and oxygen atoms in total. The van der Waals surface area contributed by atoms with Gasteiger partial charge in [-0.25, -0.2) is 9.97 Å². The topological polar surface area (TPSA) is 80.9 Å². The Bertz CT molecular complexity index is 613. The summed E-state index contributed by atoms with van der Waals surface area (Å²) in [4.78, 5) is 20.1. The Morgan fingerprint density at radius 2 is 2.05 bits per heavy atom. The van der Waals surface area contributed by atoms with E-state index in [-0.39, 0.29) is 11.7 Å². The van der Waals surface area contributed by atoms with E-state index in [1.165, 1.54) is 11.8 Å². The molecule has 1 aromatic carbocycles. The summed E-state index contributed by atoms with van der Waals surface area (Å²) in [5.74, 6) is 0.571. The van der Waals surface area contributed by atoms with Gasteiger partial charge in [0, 0.05) is 23.3 Å². The molecule has 0 spiro atoms. The van der Waals surface area contributed by atoms with Crippen molar-refractivity contribution in [2.75, 3.05) is 11.5 Å². The number of carbonyl (C=O) groups is 1. The van der Waals surface area contributed by atoms with E-state index in [4.69, 9.17) is 17.3 Å². The summed E-state index contributed by atoms with van der Waals surface area (Å²) in [5.41, 5.74) is 7.42. The molecule has 0 bridgehead atoms. The van der Waals surface area contributed by atoms with Crippen molar-refractivity contribution in [1.82, 2.24) is 15.3 Å². The number of amides is 1. The number of aromatic nitrogens is 2. The summed E-state index contributed by atoms with van der Waals surface area (Å²) in [6.07, 6.45) is 0. The van der Waals surface area contributed by atoms with Gasteiger partial charge in [-0.15, -0.1) is 0 Å². The molecule has 0 atom stereocenters. The van der Waals surface area contributed by atoms with Crippen LogP contribution in [-0.4, -0.2) is 21.6 Å². The zero-order valence-corrected chi connectivity index (χ0v) is 13.0. The number of carbonyl (C=O) groups excluding carboxylic acids is 1. The number of thioether (sulfide) groups is 1. The van der Waals surface area contributed by atoms with Crippen LogP contribution in [0.4, 0.5) is 5.82 Å². The van der Waals surface area contributed by atoms with Gasteiger partial charge < -0.3 is 11.1 Å². The summed E-state index contributed by atoms with van der Waals surface area (Å²) in [7, 11) is 0. The van der Waals surface area contributed by atoms with Crippen LogP contribution >= 0.6 is 23.4 Å². The summed E-state index contributed by atoms with van der Waals surface area (Å²) in [5, 5.41) is 4.01. The molecule has 1 aromatic heterocycles. The van der Waals surface area contributed by atoms with Crippen molar-refractivity contribution >= 4 is 35.1 Å². The molecule has 0 aliphatic carbocycles. The summed E-state index contributed by atoms with van der Waals surface area (Å²) >= 11 is 7.06. The highest BCUT2D eigenvalue weighted by molar-refractivity contribution is 7.99. The molecular weight excluding hydrogens is 308 g/mol. The second-order valence-corrected chi connectivity index (χ2v) is 5.79. The van der Waals surface area contributed by atoms with Crippen LogP contribution in [0, 0.1) is 6.92 Å². The highest BCUT2D eigenvalue weighted by Crippen LogP contribution is 2.15. The maximum Gasteiger partial charge on any atom is 0.230 e. The lowest BCUT2D eigenvalue weighted by Gasteiger charge is -2.05. The summed E-state index contributed by atoms with van der Waals surface area (Å²) in [6.45, 7) is 2.30. The lowest BCUT2D eigenvalue weighted by Crippen LogP contribution is -2.24. The van der Waals surface area contributed by atoms with Gasteiger partial charge in [0.2, 0.25) is 5.91 Å². The van der Waals surface area contributed by atoms with E-state index >= 15 is 0 Å². The number of hydrogen-bond donors (Lipinski definition) is 2. The summed E-state index contributed by atoms with van der Waals surface area (Å²) < 4.78 is 0. The second-order valence-electron chi connectivity index (χ2n) is 4.41. The number of benzene rings is 1. The predicted molar refractivity (Wildman–Crippen MR) is 85.2 cm³/mol. The number of nitrogens with zero attached hydrogens (tertiary/aromatic N) is 2. The molecule has 1 heterocycles. The van der Waals surface area contributed by atoms with Crippen LogP contribution < -0.4 is 11.1 Å². The van der Waals surface area contributed by atoms with Crippen molar-refractivity contribution in [3.63, 3.8) is 0 Å². The molecule has 0 saturated carbocycles. The lowest BCUT2D eigenvalue weighted by molar-refractivity contribution is -0.118. The molecule has 7 heteroatoms. The number of hydrogen-bond acceptors (Lipinski definition) is 5. The average molecular weight is 323 g/mol. The Kier molecular flexibility index (Phi) is 5.41. The Balaban J connectivity index is 1.80. The van der Waals surface area contributed by atoms with Crippen molar-refractivity contribution in [1.29, 1.82) is 0 Å². The number of rotatable bonds is 5. The molecule has 21 heavy (non-hydrogen) atoms. The van der Waals surface area contributed by atoms with Crippen LogP contribution in [0.5, 0.6) is 0 Å². The molecule has 2 rings (SSSR count). The van der Waals surface area contributed by atoms with Crippen molar-refractivity contribution in [2.45, 2.75) is 18.6 Å². The van der Waals surface area contributed by atoms with E-state index < -0.39 is 0 Å². The first-order chi connectivity index (χ1) is 10.0. The van der Waals surface area contributed by atoms with Crippen LogP contribution in [0.2, 0.25) is 5.02 Å². The van der Waals surface area contributed by atoms with Gasteiger partial charge in [-0.2, -0.15) is 0 Å². The Hall–Kier alpha value is -1.79. The first kappa shape index (κ1) is 15.6. The third-order valence-electron chi connectivity index (χ3n) is 2.59. The number of anilines is 1. The Morgan fingerprint density at radius 3 is 2.71 bits per heavy atom. The fourth-order valence-electron chi connectivity index (χ4n) is 1.61. The Morgan fingerprint density at radius 1 is 1.33 bits per heavy atom. The Labute approximate surface area is 132 Å². The number of halogens is 1. The van der Waals surface area contributed by atoms with E-state index in [9.17, 15) is 4.79 Å². The SMILES string of the molecule is Cc1cc(N)nc(SCC(=O)NCc2ccc(Cl)cc2)n1. The fraction of sp³-hybridized carbons (Fsp3) is 0.214.